The summed E-state index contributed by atoms with van der Waals surface area (Å²) in [5.74, 6) is -0.0780. The predicted molar refractivity (Wildman–Crippen MR) is 63.5 cm³/mol. The van der Waals surface area contributed by atoms with Gasteiger partial charge in [-0.25, -0.2) is 0 Å². The number of carbonyl (C=O) groups excluding carboxylic acids is 1. The number of amides is 1. The molecule has 1 aromatic heterocycles. The number of nitrogens with one attached hydrogen (secondary N) is 2. The number of aromatic nitrogens is 2. The van der Waals surface area contributed by atoms with Crippen molar-refractivity contribution in [2.45, 2.75) is 26.3 Å². The van der Waals surface area contributed by atoms with Crippen LogP contribution in [0, 0.1) is 0 Å². The molecule has 0 radical (unpaired) electrons. The van der Waals surface area contributed by atoms with Crippen molar-refractivity contribution in [3.8, 4) is 0 Å². The van der Waals surface area contributed by atoms with E-state index >= 15 is 0 Å². The van der Waals surface area contributed by atoms with E-state index in [0.717, 1.165) is 6.54 Å². The van der Waals surface area contributed by atoms with Gasteiger partial charge in [0.15, 0.2) is 0 Å². The highest BCUT2D eigenvalue weighted by atomic mass is 16.1. The highest BCUT2D eigenvalue weighted by molar-refractivity contribution is 5.93. The Morgan fingerprint density at radius 2 is 2.12 bits per heavy atom. The van der Waals surface area contributed by atoms with Crippen molar-refractivity contribution in [3.63, 3.8) is 0 Å². The van der Waals surface area contributed by atoms with Gasteiger partial charge in [0.1, 0.15) is 0 Å². The Morgan fingerprint density at radius 3 is 2.62 bits per heavy atom. The number of hydrogen-bond donors (Lipinski definition) is 2. The quantitative estimate of drug-likeness (QED) is 0.736. The van der Waals surface area contributed by atoms with Gasteiger partial charge in [0, 0.05) is 19.3 Å². The molecule has 0 saturated carbocycles. The maximum atomic E-state index is 11.7. The van der Waals surface area contributed by atoms with Crippen LogP contribution in [0.25, 0.3) is 0 Å². The fourth-order valence-corrected chi connectivity index (χ4v) is 1.21. The molecule has 0 bridgehead atoms. The van der Waals surface area contributed by atoms with Gasteiger partial charge < -0.3 is 10.6 Å². The molecular weight excluding hydrogens is 204 g/mol. The molecular formula is C11H20N4O. The minimum absolute atomic E-state index is 0.0780. The topological polar surface area (TPSA) is 58.9 Å². The lowest BCUT2D eigenvalue weighted by Crippen LogP contribution is -2.30. The molecule has 0 fully saturated rings. The van der Waals surface area contributed by atoms with Crippen LogP contribution >= 0.6 is 0 Å². The van der Waals surface area contributed by atoms with E-state index in [9.17, 15) is 4.79 Å². The molecule has 90 valence electrons. The third-order valence-corrected chi connectivity index (χ3v) is 2.19. The minimum atomic E-state index is -0.0937. The summed E-state index contributed by atoms with van der Waals surface area (Å²) in [6.45, 7) is 7.52. The first-order valence-corrected chi connectivity index (χ1v) is 5.43. The second-order valence-corrected chi connectivity index (χ2v) is 4.70. The Kier molecular flexibility index (Phi) is 4.06. The van der Waals surface area contributed by atoms with Gasteiger partial charge >= 0.3 is 0 Å². The molecule has 0 saturated heterocycles. The lowest BCUT2D eigenvalue weighted by molar-refractivity contribution is 0.0954. The zero-order chi connectivity index (χ0) is 12.2. The van der Waals surface area contributed by atoms with Gasteiger partial charge in [-0.05, 0) is 27.8 Å². The summed E-state index contributed by atoms with van der Waals surface area (Å²) in [6, 6.07) is 0. The van der Waals surface area contributed by atoms with E-state index in [1.165, 1.54) is 0 Å². The van der Waals surface area contributed by atoms with Crippen molar-refractivity contribution >= 4 is 5.91 Å². The average molecular weight is 224 g/mol. The van der Waals surface area contributed by atoms with Gasteiger partial charge in [-0.3, -0.25) is 9.48 Å². The highest BCUT2D eigenvalue weighted by Gasteiger charge is 2.16. The third kappa shape index (κ3) is 3.34. The summed E-state index contributed by atoms with van der Waals surface area (Å²) in [7, 11) is 1.85. The molecule has 0 aliphatic heterocycles. The molecule has 0 aliphatic rings. The highest BCUT2D eigenvalue weighted by Crippen LogP contribution is 2.12. The Morgan fingerprint density at radius 1 is 1.44 bits per heavy atom. The molecule has 5 nitrogen and oxygen atoms in total. The van der Waals surface area contributed by atoms with Crippen molar-refractivity contribution < 1.29 is 4.79 Å². The number of nitrogens with zero attached hydrogens (tertiary/aromatic N) is 2. The monoisotopic (exact) mass is 224 g/mol. The Hall–Kier alpha value is -1.36. The number of hydrogen-bond acceptors (Lipinski definition) is 3. The zero-order valence-electron chi connectivity index (χ0n) is 10.4. The molecule has 0 aliphatic carbocycles. The smallest absolute Gasteiger partial charge is 0.254 e. The summed E-state index contributed by atoms with van der Waals surface area (Å²) in [6.07, 6.45) is 3.37. The predicted octanol–water partition coefficient (Wildman–Crippen LogP) is 0.587. The Bertz CT molecular complexity index is 351. The van der Waals surface area contributed by atoms with Crippen molar-refractivity contribution in [2.75, 3.05) is 20.1 Å². The molecule has 0 unspecified atom stereocenters. The summed E-state index contributed by atoms with van der Waals surface area (Å²) in [4.78, 5) is 11.7. The van der Waals surface area contributed by atoms with Crippen LogP contribution in [-0.4, -0.2) is 35.8 Å². The van der Waals surface area contributed by atoms with Crippen LogP contribution in [0.1, 0.15) is 31.1 Å². The number of carbonyl (C=O) groups is 1. The lowest BCUT2D eigenvalue weighted by atomic mass is 10.1. The molecule has 2 N–H and O–H groups in total. The minimum Gasteiger partial charge on any atom is -0.351 e. The van der Waals surface area contributed by atoms with Crippen LogP contribution in [-0.2, 0) is 5.54 Å². The molecule has 1 aromatic rings. The molecule has 1 amide bonds. The van der Waals surface area contributed by atoms with E-state index < -0.39 is 0 Å². The van der Waals surface area contributed by atoms with Crippen LogP contribution in [0.4, 0.5) is 0 Å². The fraction of sp³-hybridized carbons (Fsp3) is 0.636. The molecule has 1 heterocycles. The maximum Gasteiger partial charge on any atom is 0.254 e. The van der Waals surface area contributed by atoms with Gasteiger partial charge in [0.05, 0.1) is 17.3 Å². The largest absolute Gasteiger partial charge is 0.351 e. The van der Waals surface area contributed by atoms with Gasteiger partial charge in [0.25, 0.3) is 5.91 Å². The number of likely N-dealkylation sites (N-methyl/N-ethyl adjacent to an activating group) is 1. The van der Waals surface area contributed by atoms with Crippen molar-refractivity contribution in [2.24, 2.45) is 0 Å². The molecule has 0 atom stereocenters. The Balaban J connectivity index is 2.60. The first-order valence-electron chi connectivity index (χ1n) is 5.43. The van der Waals surface area contributed by atoms with Crippen molar-refractivity contribution in [1.82, 2.24) is 20.4 Å². The first-order chi connectivity index (χ1) is 7.45. The van der Waals surface area contributed by atoms with Crippen molar-refractivity contribution in [1.29, 1.82) is 0 Å². The summed E-state index contributed by atoms with van der Waals surface area (Å²) >= 11 is 0. The van der Waals surface area contributed by atoms with E-state index in [4.69, 9.17) is 0 Å². The van der Waals surface area contributed by atoms with E-state index in [1.54, 1.807) is 17.1 Å². The van der Waals surface area contributed by atoms with Gasteiger partial charge in [-0.15, -0.1) is 0 Å². The standard InChI is InChI=1S/C11H20N4O/c1-11(2,3)15-8-9(7-14-15)10(16)13-6-5-12-4/h7-8,12H,5-6H2,1-4H3,(H,13,16). The van der Waals surface area contributed by atoms with Crippen LogP contribution < -0.4 is 10.6 Å². The number of rotatable bonds is 4. The van der Waals surface area contributed by atoms with E-state index in [0.29, 0.717) is 12.1 Å². The SMILES string of the molecule is CNCCNC(=O)c1cnn(C(C)(C)C)c1. The normalized spacial score (nSPS) is 11.5. The second-order valence-electron chi connectivity index (χ2n) is 4.70. The molecule has 0 aromatic carbocycles. The Labute approximate surface area is 96.2 Å². The molecule has 5 heteroatoms. The van der Waals surface area contributed by atoms with Crippen LogP contribution in [0.3, 0.4) is 0 Å². The maximum absolute atomic E-state index is 11.7. The fourth-order valence-electron chi connectivity index (χ4n) is 1.21. The van der Waals surface area contributed by atoms with Gasteiger partial charge in [-0.1, -0.05) is 0 Å². The van der Waals surface area contributed by atoms with Crippen LogP contribution in [0.15, 0.2) is 12.4 Å². The van der Waals surface area contributed by atoms with Gasteiger partial charge in [0.2, 0.25) is 0 Å². The van der Waals surface area contributed by atoms with Crippen LogP contribution in [0.2, 0.25) is 0 Å². The van der Waals surface area contributed by atoms with E-state index in [-0.39, 0.29) is 11.4 Å². The van der Waals surface area contributed by atoms with Crippen LogP contribution in [0.5, 0.6) is 0 Å². The summed E-state index contributed by atoms with van der Waals surface area (Å²) < 4.78 is 1.79. The van der Waals surface area contributed by atoms with Gasteiger partial charge in [-0.2, -0.15) is 5.10 Å². The van der Waals surface area contributed by atoms with Crippen molar-refractivity contribution in [3.05, 3.63) is 18.0 Å². The lowest BCUT2D eigenvalue weighted by Gasteiger charge is -2.18. The first kappa shape index (κ1) is 12.7. The third-order valence-electron chi connectivity index (χ3n) is 2.19. The molecule has 0 spiro atoms. The molecule has 16 heavy (non-hydrogen) atoms. The molecule has 1 rings (SSSR count). The average Bonchev–Trinajstić information content (AvgIpc) is 2.66. The summed E-state index contributed by atoms with van der Waals surface area (Å²) in [5, 5.41) is 9.96. The van der Waals surface area contributed by atoms with E-state index in [1.807, 2.05) is 27.8 Å². The zero-order valence-corrected chi connectivity index (χ0v) is 10.4. The summed E-state index contributed by atoms with van der Waals surface area (Å²) in [5.41, 5.74) is 0.509. The van der Waals surface area contributed by atoms with E-state index in [2.05, 4.69) is 15.7 Å². The second kappa shape index (κ2) is 5.12.